The highest BCUT2D eigenvalue weighted by molar-refractivity contribution is 7.80. The van der Waals surface area contributed by atoms with Crippen LogP contribution in [0.4, 0.5) is 5.69 Å². The fourth-order valence-corrected chi connectivity index (χ4v) is 1.62. The maximum absolute atomic E-state index is 5.96. The van der Waals surface area contributed by atoms with Gasteiger partial charge in [-0.25, -0.2) is 0 Å². The van der Waals surface area contributed by atoms with Crippen LogP contribution in [0.25, 0.3) is 0 Å². The van der Waals surface area contributed by atoms with Crippen LogP contribution < -0.4 is 10.6 Å². The van der Waals surface area contributed by atoms with Crippen LogP contribution in [-0.4, -0.2) is 18.1 Å². The minimum atomic E-state index is 0.372. The third kappa shape index (κ3) is 2.83. The van der Waals surface area contributed by atoms with Crippen LogP contribution in [0.1, 0.15) is 19.4 Å². The molecule has 15 heavy (non-hydrogen) atoms. The van der Waals surface area contributed by atoms with Crippen molar-refractivity contribution < 1.29 is 0 Å². The molecule has 0 aliphatic rings. The Kier molecular flexibility index (Phi) is 3.94. The number of rotatable bonds is 3. The van der Waals surface area contributed by atoms with Crippen molar-refractivity contribution in [1.29, 1.82) is 0 Å². The molecule has 0 bridgehead atoms. The lowest BCUT2D eigenvalue weighted by Gasteiger charge is -2.26. The van der Waals surface area contributed by atoms with Gasteiger partial charge >= 0.3 is 0 Å². The summed E-state index contributed by atoms with van der Waals surface area (Å²) in [6, 6.07) is 5.92. The van der Waals surface area contributed by atoms with Gasteiger partial charge < -0.3 is 10.6 Å². The number of benzene rings is 1. The van der Waals surface area contributed by atoms with Gasteiger partial charge in [-0.05, 0) is 32.0 Å². The molecular weight excluding hydrogens is 228 g/mol. The van der Waals surface area contributed by atoms with E-state index >= 15 is 0 Å². The highest BCUT2D eigenvalue weighted by atomic mass is 35.5. The molecule has 0 saturated carbocycles. The van der Waals surface area contributed by atoms with E-state index in [2.05, 4.69) is 18.7 Å². The summed E-state index contributed by atoms with van der Waals surface area (Å²) in [7, 11) is 2.00. The van der Waals surface area contributed by atoms with Crippen molar-refractivity contribution in [3.8, 4) is 0 Å². The van der Waals surface area contributed by atoms with Gasteiger partial charge in [-0.2, -0.15) is 0 Å². The van der Waals surface area contributed by atoms with Crippen molar-refractivity contribution in [2.75, 3.05) is 11.9 Å². The van der Waals surface area contributed by atoms with E-state index in [-0.39, 0.29) is 0 Å². The average Bonchev–Trinajstić information content (AvgIpc) is 2.15. The molecule has 82 valence electrons. The fourth-order valence-electron chi connectivity index (χ4n) is 1.28. The van der Waals surface area contributed by atoms with E-state index in [1.54, 1.807) is 6.07 Å². The molecule has 0 unspecified atom stereocenters. The number of halogens is 1. The van der Waals surface area contributed by atoms with Crippen LogP contribution in [0.5, 0.6) is 0 Å². The van der Waals surface area contributed by atoms with E-state index < -0.39 is 0 Å². The van der Waals surface area contributed by atoms with Crippen LogP contribution in [0.15, 0.2) is 18.2 Å². The van der Waals surface area contributed by atoms with Crippen molar-refractivity contribution in [2.45, 2.75) is 19.9 Å². The lowest BCUT2D eigenvalue weighted by atomic mass is 10.1. The van der Waals surface area contributed by atoms with Crippen molar-refractivity contribution in [3.05, 3.63) is 28.8 Å². The minimum Gasteiger partial charge on any atom is -0.389 e. The Balaban J connectivity index is 3.24. The molecular formula is C11H15ClN2S. The third-order valence-corrected chi connectivity index (χ3v) is 2.83. The lowest BCUT2D eigenvalue weighted by Crippen LogP contribution is -2.28. The summed E-state index contributed by atoms with van der Waals surface area (Å²) >= 11 is 11.0. The second-order valence-corrected chi connectivity index (χ2v) is 4.61. The molecule has 0 heterocycles. The molecule has 0 aliphatic heterocycles. The van der Waals surface area contributed by atoms with E-state index in [1.807, 2.05) is 19.2 Å². The monoisotopic (exact) mass is 242 g/mol. The first kappa shape index (κ1) is 12.3. The summed E-state index contributed by atoms with van der Waals surface area (Å²) in [5, 5.41) is 0.692. The Morgan fingerprint density at radius 1 is 1.47 bits per heavy atom. The molecule has 0 aromatic heterocycles. The fraction of sp³-hybridized carbons (Fsp3) is 0.364. The largest absolute Gasteiger partial charge is 0.389 e. The maximum Gasteiger partial charge on any atom is 0.106 e. The molecule has 0 atom stereocenters. The molecule has 0 spiro atoms. The molecule has 1 aromatic carbocycles. The van der Waals surface area contributed by atoms with E-state index in [1.165, 1.54) is 0 Å². The van der Waals surface area contributed by atoms with Gasteiger partial charge in [0.25, 0.3) is 0 Å². The van der Waals surface area contributed by atoms with Crippen LogP contribution in [0, 0.1) is 0 Å². The average molecular weight is 243 g/mol. The number of nitrogens with two attached hydrogens (primary N) is 1. The highest BCUT2D eigenvalue weighted by Gasteiger charge is 2.12. The summed E-state index contributed by atoms with van der Waals surface area (Å²) in [4.78, 5) is 2.49. The van der Waals surface area contributed by atoms with Crippen LogP contribution in [-0.2, 0) is 0 Å². The SMILES string of the molecule is CC(C)N(C)c1cc(Cl)ccc1C(N)=S. The zero-order valence-corrected chi connectivity index (χ0v) is 10.7. The summed E-state index contributed by atoms with van der Waals surface area (Å²) < 4.78 is 0. The first-order valence-corrected chi connectivity index (χ1v) is 5.54. The Morgan fingerprint density at radius 2 is 2.07 bits per heavy atom. The number of hydrogen-bond acceptors (Lipinski definition) is 2. The van der Waals surface area contributed by atoms with Crippen molar-refractivity contribution in [1.82, 2.24) is 0 Å². The number of thiocarbonyl (C=S) groups is 1. The molecule has 0 amide bonds. The summed E-state index contributed by atoms with van der Waals surface area (Å²) in [6.07, 6.45) is 0. The predicted octanol–water partition coefficient (Wildman–Crippen LogP) is 2.82. The van der Waals surface area contributed by atoms with E-state index in [0.29, 0.717) is 16.1 Å². The molecule has 0 radical (unpaired) electrons. The number of nitrogens with zero attached hydrogens (tertiary/aromatic N) is 1. The van der Waals surface area contributed by atoms with Crippen molar-refractivity contribution in [3.63, 3.8) is 0 Å². The van der Waals surface area contributed by atoms with Gasteiger partial charge in [-0.3, -0.25) is 0 Å². The Labute approximate surface area is 101 Å². The molecule has 0 aliphatic carbocycles. The van der Waals surface area contributed by atoms with Crippen molar-refractivity contribution >= 4 is 34.5 Å². The summed E-state index contributed by atoms with van der Waals surface area (Å²) in [6.45, 7) is 4.20. The molecule has 0 fully saturated rings. The van der Waals surface area contributed by atoms with E-state index in [4.69, 9.17) is 29.6 Å². The maximum atomic E-state index is 5.96. The van der Waals surface area contributed by atoms with Gasteiger partial charge in [-0.15, -0.1) is 0 Å². The zero-order valence-electron chi connectivity index (χ0n) is 9.12. The normalized spacial score (nSPS) is 10.5. The lowest BCUT2D eigenvalue weighted by molar-refractivity contribution is 0.754. The quantitative estimate of drug-likeness (QED) is 0.827. The molecule has 1 rings (SSSR count). The van der Waals surface area contributed by atoms with Crippen molar-refractivity contribution in [2.24, 2.45) is 5.73 Å². The van der Waals surface area contributed by atoms with Gasteiger partial charge in [0.1, 0.15) is 4.99 Å². The van der Waals surface area contributed by atoms with Crippen LogP contribution in [0.2, 0.25) is 5.02 Å². The van der Waals surface area contributed by atoms with Gasteiger partial charge in [-0.1, -0.05) is 23.8 Å². The number of anilines is 1. The van der Waals surface area contributed by atoms with Crippen LogP contribution >= 0.6 is 23.8 Å². The second-order valence-electron chi connectivity index (χ2n) is 3.73. The predicted molar refractivity (Wildman–Crippen MR) is 70.9 cm³/mol. The second kappa shape index (κ2) is 4.81. The zero-order chi connectivity index (χ0) is 11.6. The molecule has 2 N–H and O–H groups in total. The summed E-state index contributed by atoms with van der Waals surface area (Å²) in [5.41, 5.74) is 7.51. The molecule has 4 heteroatoms. The van der Waals surface area contributed by atoms with Crippen LogP contribution in [0.3, 0.4) is 0 Å². The highest BCUT2D eigenvalue weighted by Crippen LogP contribution is 2.25. The van der Waals surface area contributed by atoms with E-state index in [0.717, 1.165) is 11.3 Å². The smallest absolute Gasteiger partial charge is 0.106 e. The van der Waals surface area contributed by atoms with Gasteiger partial charge in [0.2, 0.25) is 0 Å². The molecule has 1 aromatic rings. The molecule has 2 nitrogen and oxygen atoms in total. The Morgan fingerprint density at radius 3 is 2.53 bits per heavy atom. The van der Waals surface area contributed by atoms with E-state index in [9.17, 15) is 0 Å². The van der Waals surface area contributed by atoms with Gasteiger partial charge in [0, 0.05) is 29.4 Å². The molecule has 0 saturated heterocycles. The van der Waals surface area contributed by atoms with Gasteiger partial charge in [0.05, 0.1) is 0 Å². The third-order valence-electron chi connectivity index (χ3n) is 2.38. The topological polar surface area (TPSA) is 29.3 Å². The van der Waals surface area contributed by atoms with Gasteiger partial charge in [0.15, 0.2) is 0 Å². The summed E-state index contributed by atoms with van der Waals surface area (Å²) in [5.74, 6) is 0. The Bertz CT molecular complexity index is 377. The standard InChI is InChI=1S/C11H15ClN2S/c1-7(2)14(3)10-6-8(12)4-5-9(10)11(13)15/h4-7H,1-3H3,(H2,13,15). The number of hydrogen-bond donors (Lipinski definition) is 1. The minimum absolute atomic E-state index is 0.372. The first-order chi connectivity index (χ1) is 6.93. The first-order valence-electron chi connectivity index (χ1n) is 4.75. The Hall–Kier alpha value is -0.800.